The van der Waals surface area contributed by atoms with Crippen LogP contribution >= 0.6 is 12.2 Å². The maximum atomic E-state index is 10.1. The monoisotopic (exact) mass is 192 g/mol. The highest BCUT2D eigenvalue weighted by Crippen LogP contribution is 1.87. The second-order valence-corrected chi connectivity index (χ2v) is 2.40. The standard InChI is InChI=1S/C5H8N2O4S/c6-5(12)7(1-3(8)9)2-4(10)11/h1-2H2,(H2,6,12)(H,8,9)(H,10,11). The number of nitrogens with two attached hydrogens (primary N) is 1. The van der Waals surface area contributed by atoms with E-state index in [1.807, 2.05) is 0 Å². The van der Waals surface area contributed by atoms with Gasteiger partial charge in [-0.1, -0.05) is 0 Å². The molecule has 0 aromatic rings. The first-order valence-electron chi connectivity index (χ1n) is 2.91. The van der Waals surface area contributed by atoms with Gasteiger partial charge in [-0.3, -0.25) is 9.59 Å². The van der Waals surface area contributed by atoms with E-state index in [0.717, 1.165) is 4.90 Å². The molecule has 0 aromatic heterocycles. The zero-order valence-electron chi connectivity index (χ0n) is 6.06. The Morgan fingerprint density at radius 3 is 1.75 bits per heavy atom. The van der Waals surface area contributed by atoms with Gasteiger partial charge in [-0.2, -0.15) is 0 Å². The van der Waals surface area contributed by atoms with Crippen molar-refractivity contribution in [3.63, 3.8) is 0 Å². The van der Waals surface area contributed by atoms with Gasteiger partial charge in [0.25, 0.3) is 0 Å². The van der Waals surface area contributed by atoms with E-state index in [9.17, 15) is 9.59 Å². The van der Waals surface area contributed by atoms with Crippen molar-refractivity contribution in [1.29, 1.82) is 0 Å². The second kappa shape index (κ2) is 4.50. The van der Waals surface area contributed by atoms with Crippen LogP contribution in [-0.4, -0.2) is 45.3 Å². The van der Waals surface area contributed by atoms with Crippen molar-refractivity contribution in [2.45, 2.75) is 0 Å². The summed E-state index contributed by atoms with van der Waals surface area (Å²) in [6.07, 6.45) is 0. The molecule has 0 saturated carbocycles. The van der Waals surface area contributed by atoms with Crippen molar-refractivity contribution in [3.8, 4) is 0 Å². The van der Waals surface area contributed by atoms with E-state index in [4.69, 9.17) is 15.9 Å². The summed E-state index contributed by atoms with van der Waals surface area (Å²) in [6.45, 7) is -0.997. The maximum absolute atomic E-state index is 10.1. The highest BCUT2D eigenvalue weighted by Gasteiger charge is 2.13. The van der Waals surface area contributed by atoms with Crippen molar-refractivity contribution in [1.82, 2.24) is 4.90 Å². The maximum Gasteiger partial charge on any atom is 0.323 e. The summed E-state index contributed by atoms with van der Waals surface area (Å²) < 4.78 is 0. The molecule has 0 aliphatic carbocycles. The number of thiocarbonyl (C=S) groups is 1. The van der Waals surface area contributed by atoms with Gasteiger partial charge in [-0.05, 0) is 12.2 Å². The van der Waals surface area contributed by atoms with Gasteiger partial charge in [-0.25, -0.2) is 0 Å². The van der Waals surface area contributed by atoms with Crippen LogP contribution in [0.25, 0.3) is 0 Å². The fourth-order valence-corrected chi connectivity index (χ4v) is 0.667. The number of nitrogens with zero attached hydrogens (tertiary/aromatic N) is 1. The zero-order chi connectivity index (χ0) is 9.72. The summed E-state index contributed by atoms with van der Waals surface area (Å²) >= 11 is 4.43. The second-order valence-electron chi connectivity index (χ2n) is 1.98. The minimum Gasteiger partial charge on any atom is -0.480 e. The van der Waals surface area contributed by atoms with Crippen molar-refractivity contribution in [2.75, 3.05) is 13.1 Å². The molecule has 12 heavy (non-hydrogen) atoms. The Morgan fingerprint density at radius 2 is 1.58 bits per heavy atom. The lowest BCUT2D eigenvalue weighted by molar-refractivity contribution is -0.140. The van der Waals surface area contributed by atoms with E-state index >= 15 is 0 Å². The number of aliphatic carboxylic acids is 2. The summed E-state index contributed by atoms with van der Waals surface area (Å²) in [5.41, 5.74) is 5.06. The van der Waals surface area contributed by atoms with Crippen LogP contribution in [0, 0.1) is 0 Å². The molecule has 7 heteroatoms. The number of carbonyl (C=O) groups is 2. The molecule has 0 amide bonds. The Balaban J connectivity index is 4.14. The summed E-state index contributed by atoms with van der Waals surface area (Å²) in [7, 11) is 0. The molecule has 0 radical (unpaired) electrons. The third-order valence-electron chi connectivity index (χ3n) is 0.964. The Hall–Kier alpha value is -1.37. The average molecular weight is 192 g/mol. The van der Waals surface area contributed by atoms with Crippen LogP contribution in [0.3, 0.4) is 0 Å². The lowest BCUT2D eigenvalue weighted by Gasteiger charge is -2.17. The number of rotatable bonds is 4. The highest BCUT2D eigenvalue weighted by molar-refractivity contribution is 7.80. The van der Waals surface area contributed by atoms with E-state index < -0.39 is 25.0 Å². The molecule has 0 heterocycles. The van der Waals surface area contributed by atoms with Crippen molar-refractivity contribution < 1.29 is 19.8 Å². The predicted octanol–water partition coefficient (Wildman–Crippen LogP) is -1.30. The smallest absolute Gasteiger partial charge is 0.323 e. The number of carboxylic acids is 2. The zero-order valence-corrected chi connectivity index (χ0v) is 6.87. The summed E-state index contributed by atoms with van der Waals surface area (Å²) in [6, 6.07) is 0. The average Bonchev–Trinajstić information content (AvgIpc) is 1.83. The lowest BCUT2D eigenvalue weighted by Crippen LogP contribution is -2.42. The van der Waals surface area contributed by atoms with Gasteiger partial charge >= 0.3 is 11.9 Å². The van der Waals surface area contributed by atoms with Gasteiger partial charge in [0.1, 0.15) is 13.1 Å². The number of hydrogen-bond acceptors (Lipinski definition) is 3. The van der Waals surface area contributed by atoms with Crippen LogP contribution in [0.2, 0.25) is 0 Å². The van der Waals surface area contributed by atoms with E-state index in [1.165, 1.54) is 0 Å². The third kappa shape index (κ3) is 4.45. The summed E-state index contributed by atoms with van der Waals surface area (Å²) in [5, 5.41) is 16.4. The van der Waals surface area contributed by atoms with Crippen LogP contribution in [0.5, 0.6) is 0 Å². The van der Waals surface area contributed by atoms with Gasteiger partial charge in [0.05, 0.1) is 0 Å². The van der Waals surface area contributed by atoms with Crippen LogP contribution in [0.15, 0.2) is 0 Å². The Bertz CT molecular complexity index is 201. The minimum atomic E-state index is -1.18. The molecular weight excluding hydrogens is 184 g/mol. The predicted molar refractivity (Wildman–Crippen MR) is 43.6 cm³/mol. The van der Waals surface area contributed by atoms with E-state index in [0.29, 0.717) is 0 Å². The first kappa shape index (κ1) is 10.6. The van der Waals surface area contributed by atoms with Gasteiger partial charge in [-0.15, -0.1) is 0 Å². The Labute approximate surface area is 73.6 Å². The first-order valence-corrected chi connectivity index (χ1v) is 3.32. The van der Waals surface area contributed by atoms with E-state index in [-0.39, 0.29) is 5.11 Å². The lowest BCUT2D eigenvalue weighted by atomic mass is 10.5. The molecule has 0 aliphatic heterocycles. The molecular formula is C5H8N2O4S. The first-order chi connectivity index (χ1) is 5.43. The number of hydrogen-bond donors (Lipinski definition) is 3. The Kier molecular flexibility index (Phi) is 3.98. The van der Waals surface area contributed by atoms with Crippen molar-refractivity contribution >= 4 is 29.3 Å². The van der Waals surface area contributed by atoms with Crippen molar-refractivity contribution in [2.24, 2.45) is 5.73 Å². The highest BCUT2D eigenvalue weighted by atomic mass is 32.1. The summed E-state index contributed by atoms with van der Waals surface area (Å²) in [4.78, 5) is 21.2. The topological polar surface area (TPSA) is 104 Å². The fourth-order valence-electron chi connectivity index (χ4n) is 0.538. The SMILES string of the molecule is NC(=S)N(CC(=O)O)CC(=O)O. The van der Waals surface area contributed by atoms with Crippen LogP contribution in [0.4, 0.5) is 0 Å². The summed E-state index contributed by atoms with van der Waals surface area (Å²) in [5.74, 6) is -2.35. The van der Waals surface area contributed by atoms with Crippen LogP contribution < -0.4 is 5.73 Å². The molecule has 0 rings (SSSR count). The Morgan fingerprint density at radius 1 is 1.25 bits per heavy atom. The minimum absolute atomic E-state index is 0.236. The molecule has 0 aromatic carbocycles. The molecule has 0 saturated heterocycles. The largest absolute Gasteiger partial charge is 0.480 e. The van der Waals surface area contributed by atoms with E-state index in [2.05, 4.69) is 12.2 Å². The molecule has 68 valence electrons. The molecule has 0 fully saturated rings. The molecule has 0 spiro atoms. The molecule has 0 unspecified atom stereocenters. The molecule has 0 bridgehead atoms. The van der Waals surface area contributed by atoms with Gasteiger partial charge < -0.3 is 20.8 Å². The molecule has 0 atom stereocenters. The van der Waals surface area contributed by atoms with Gasteiger partial charge in [0.15, 0.2) is 5.11 Å². The number of carboxylic acid groups (broad SMARTS) is 2. The van der Waals surface area contributed by atoms with Crippen molar-refractivity contribution in [3.05, 3.63) is 0 Å². The quantitative estimate of drug-likeness (QED) is 0.475. The molecule has 0 aliphatic rings. The third-order valence-corrected chi connectivity index (χ3v) is 1.22. The van der Waals surface area contributed by atoms with Gasteiger partial charge in [0, 0.05) is 0 Å². The van der Waals surface area contributed by atoms with Crippen LogP contribution in [-0.2, 0) is 9.59 Å². The fraction of sp³-hybridized carbons (Fsp3) is 0.400. The van der Waals surface area contributed by atoms with Gasteiger partial charge in [0.2, 0.25) is 0 Å². The molecule has 4 N–H and O–H groups in total. The normalized spacial score (nSPS) is 9.00. The van der Waals surface area contributed by atoms with Crippen LogP contribution in [0.1, 0.15) is 0 Å². The van der Waals surface area contributed by atoms with E-state index in [1.54, 1.807) is 0 Å². The molecule has 6 nitrogen and oxygen atoms in total.